The highest BCUT2D eigenvalue weighted by atomic mass is 16.6. The number of aromatic nitrogens is 3. The molecule has 2 aromatic heterocycles. The van der Waals surface area contributed by atoms with Crippen LogP contribution in [0.5, 0.6) is 0 Å². The second-order valence-electron chi connectivity index (χ2n) is 6.49. The molecule has 1 aliphatic rings. The Bertz CT molecular complexity index is 698. The summed E-state index contributed by atoms with van der Waals surface area (Å²) in [7, 11) is 0. The van der Waals surface area contributed by atoms with Crippen LogP contribution in [0.2, 0.25) is 0 Å². The first kappa shape index (κ1) is 14.8. The number of aliphatic hydroxyl groups is 1. The van der Waals surface area contributed by atoms with Gasteiger partial charge in [-0.05, 0) is 32.9 Å². The summed E-state index contributed by atoms with van der Waals surface area (Å²) >= 11 is 0. The van der Waals surface area contributed by atoms with Gasteiger partial charge in [-0.25, -0.2) is 9.78 Å². The number of ether oxygens (including phenoxy) is 1. The van der Waals surface area contributed by atoms with E-state index in [9.17, 15) is 4.79 Å². The molecule has 0 atom stereocenters. The molecule has 0 aromatic carbocycles. The van der Waals surface area contributed by atoms with Crippen LogP contribution in [0, 0.1) is 0 Å². The number of hydrogen-bond donors (Lipinski definition) is 1. The maximum atomic E-state index is 11.9. The predicted molar refractivity (Wildman–Crippen MR) is 80.3 cm³/mol. The normalized spacial score (nSPS) is 15.9. The standard InChI is InChI=1S/C15H20N4O3/c1-15(2,3)22-14(21)18-7-11(8-18)19-13-5-4-10(9-20)17-12(13)6-16-19/h4-6,11,20H,7-9H2,1-3H3. The van der Waals surface area contributed by atoms with E-state index in [4.69, 9.17) is 9.84 Å². The van der Waals surface area contributed by atoms with Gasteiger partial charge in [0.2, 0.25) is 0 Å². The van der Waals surface area contributed by atoms with Crippen LogP contribution < -0.4 is 0 Å². The van der Waals surface area contributed by atoms with Crippen LogP contribution in [0.3, 0.4) is 0 Å². The van der Waals surface area contributed by atoms with Crippen molar-refractivity contribution in [1.29, 1.82) is 0 Å². The van der Waals surface area contributed by atoms with E-state index in [1.165, 1.54) is 0 Å². The van der Waals surface area contributed by atoms with Gasteiger partial charge < -0.3 is 14.7 Å². The van der Waals surface area contributed by atoms with Gasteiger partial charge in [-0.2, -0.15) is 5.10 Å². The van der Waals surface area contributed by atoms with Gasteiger partial charge in [0.15, 0.2) is 0 Å². The van der Waals surface area contributed by atoms with Crippen molar-refractivity contribution in [3.05, 3.63) is 24.0 Å². The van der Waals surface area contributed by atoms with Gasteiger partial charge in [-0.15, -0.1) is 0 Å². The summed E-state index contributed by atoms with van der Waals surface area (Å²) in [4.78, 5) is 17.9. The van der Waals surface area contributed by atoms with Gasteiger partial charge >= 0.3 is 6.09 Å². The molecule has 1 amide bonds. The molecule has 0 radical (unpaired) electrons. The van der Waals surface area contributed by atoms with Gasteiger partial charge in [-0.3, -0.25) is 4.68 Å². The van der Waals surface area contributed by atoms with E-state index < -0.39 is 5.60 Å². The number of carbonyl (C=O) groups is 1. The summed E-state index contributed by atoms with van der Waals surface area (Å²) in [5.41, 5.74) is 1.80. The molecule has 3 heterocycles. The maximum absolute atomic E-state index is 11.9. The van der Waals surface area contributed by atoms with E-state index in [0.717, 1.165) is 11.0 Å². The summed E-state index contributed by atoms with van der Waals surface area (Å²) in [5.74, 6) is 0. The molecule has 2 aromatic rings. The lowest BCUT2D eigenvalue weighted by Gasteiger charge is -2.39. The fourth-order valence-electron chi connectivity index (χ4n) is 2.44. The largest absolute Gasteiger partial charge is 0.444 e. The van der Waals surface area contributed by atoms with Gasteiger partial charge in [0.1, 0.15) is 11.1 Å². The Kier molecular flexibility index (Phi) is 3.52. The molecule has 0 aliphatic carbocycles. The van der Waals surface area contributed by atoms with E-state index >= 15 is 0 Å². The molecule has 1 aliphatic heterocycles. The Morgan fingerprint density at radius 3 is 2.77 bits per heavy atom. The lowest BCUT2D eigenvalue weighted by Crippen LogP contribution is -2.52. The van der Waals surface area contributed by atoms with Crippen LogP contribution in [-0.2, 0) is 11.3 Å². The summed E-state index contributed by atoms with van der Waals surface area (Å²) in [6.45, 7) is 6.63. The van der Waals surface area contributed by atoms with Gasteiger partial charge in [0.05, 0.1) is 30.1 Å². The van der Waals surface area contributed by atoms with Crippen molar-refractivity contribution in [3.63, 3.8) is 0 Å². The molecular formula is C15H20N4O3. The Hall–Kier alpha value is -2.15. The van der Waals surface area contributed by atoms with Crippen LogP contribution in [-0.4, -0.2) is 49.6 Å². The zero-order valence-electron chi connectivity index (χ0n) is 13.0. The Morgan fingerprint density at radius 1 is 1.41 bits per heavy atom. The van der Waals surface area contributed by atoms with Gasteiger partial charge in [0.25, 0.3) is 0 Å². The minimum Gasteiger partial charge on any atom is -0.444 e. The molecule has 7 nitrogen and oxygen atoms in total. The molecule has 0 bridgehead atoms. The highest BCUT2D eigenvalue weighted by Crippen LogP contribution is 2.26. The van der Waals surface area contributed by atoms with Crippen molar-refractivity contribution < 1.29 is 14.6 Å². The molecule has 0 unspecified atom stereocenters. The Labute approximate surface area is 128 Å². The molecule has 3 rings (SSSR count). The first-order valence-electron chi connectivity index (χ1n) is 7.29. The van der Waals surface area contributed by atoms with Crippen molar-refractivity contribution in [3.8, 4) is 0 Å². The average Bonchev–Trinajstić information content (AvgIpc) is 2.78. The maximum Gasteiger partial charge on any atom is 0.410 e. The van der Waals surface area contributed by atoms with E-state index in [2.05, 4.69) is 10.1 Å². The fourth-order valence-corrected chi connectivity index (χ4v) is 2.44. The zero-order valence-corrected chi connectivity index (χ0v) is 13.0. The number of fused-ring (bicyclic) bond motifs is 1. The number of likely N-dealkylation sites (tertiary alicyclic amines) is 1. The zero-order chi connectivity index (χ0) is 15.9. The van der Waals surface area contributed by atoms with Crippen LogP contribution in [0.1, 0.15) is 32.5 Å². The van der Waals surface area contributed by atoms with Gasteiger partial charge in [-0.1, -0.05) is 0 Å². The first-order valence-corrected chi connectivity index (χ1v) is 7.29. The van der Waals surface area contributed by atoms with Crippen LogP contribution in [0.25, 0.3) is 11.0 Å². The summed E-state index contributed by atoms with van der Waals surface area (Å²) in [6.07, 6.45) is 1.39. The molecule has 7 heteroatoms. The van der Waals surface area contributed by atoms with Crippen molar-refractivity contribution in [1.82, 2.24) is 19.7 Å². The number of aliphatic hydroxyl groups excluding tert-OH is 1. The lowest BCUT2D eigenvalue weighted by atomic mass is 10.1. The van der Waals surface area contributed by atoms with Crippen molar-refractivity contribution in [2.75, 3.05) is 13.1 Å². The second kappa shape index (κ2) is 5.24. The molecule has 1 saturated heterocycles. The Balaban J connectivity index is 1.69. The number of amides is 1. The number of carbonyl (C=O) groups excluding carboxylic acids is 1. The molecule has 22 heavy (non-hydrogen) atoms. The third-order valence-corrected chi connectivity index (χ3v) is 3.53. The topological polar surface area (TPSA) is 80.5 Å². The SMILES string of the molecule is CC(C)(C)OC(=O)N1CC(n2ncc3nc(CO)ccc32)C1. The quantitative estimate of drug-likeness (QED) is 0.913. The molecule has 118 valence electrons. The summed E-state index contributed by atoms with van der Waals surface area (Å²) in [5, 5.41) is 13.5. The van der Waals surface area contributed by atoms with E-state index in [0.29, 0.717) is 18.8 Å². The van der Waals surface area contributed by atoms with Crippen molar-refractivity contribution in [2.45, 2.75) is 39.0 Å². The number of rotatable bonds is 2. The highest BCUT2D eigenvalue weighted by Gasteiger charge is 2.35. The molecular weight excluding hydrogens is 284 g/mol. The molecule has 0 saturated carbocycles. The highest BCUT2D eigenvalue weighted by molar-refractivity contribution is 5.75. The monoisotopic (exact) mass is 304 g/mol. The van der Waals surface area contributed by atoms with E-state index in [-0.39, 0.29) is 18.7 Å². The third kappa shape index (κ3) is 2.76. The summed E-state index contributed by atoms with van der Waals surface area (Å²) < 4.78 is 7.22. The summed E-state index contributed by atoms with van der Waals surface area (Å²) in [6, 6.07) is 3.81. The van der Waals surface area contributed by atoms with Crippen molar-refractivity contribution >= 4 is 17.1 Å². The predicted octanol–water partition coefficient (Wildman–Crippen LogP) is 1.72. The van der Waals surface area contributed by atoms with E-state index in [1.54, 1.807) is 17.2 Å². The number of pyridine rings is 1. The van der Waals surface area contributed by atoms with Gasteiger partial charge in [0, 0.05) is 13.1 Å². The minimum absolute atomic E-state index is 0.0863. The van der Waals surface area contributed by atoms with Crippen LogP contribution in [0.15, 0.2) is 18.3 Å². The smallest absolute Gasteiger partial charge is 0.410 e. The molecule has 1 fully saturated rings. The average molecular weight is 304 g/mol. The fraction of sp³-hybridized carbons (Fsp3) is 0.533. The second-order valence-corrected chi connectivity index (χ2v) is 6.49. The van der Waals surface area contributed by atoms with Crippen molar-refractivity contribution in [2.24, 2.45) is 0 Å². The van der Waals surface area contributed by atoms with E-state index in [1.807, 2.05) is 31.5 Å². The molecule has 1 N–H and O–H groups in total. The van der Waals surface area contributed by atoms with Crippen LogP contribution >= 0.6 is 0 Å². The number of nitrogens with zero attached hydrogens (tertiary/aromatic N) is 4. The Morgan fingerprint density at radius 2 is 2.14 bits per heavy atom. The number of hydrogen-bond acceptors (Lipinski definition) is 5. The minimum atomic E-state index is -0.481. The first-order chi connectivity index (χ1) is 10.4. The lowest BCUT2D eigenvalue weighted by molar-refractivity contribution is 0.000158. The molecule has 0 spiro atoms. The third-order valence-electron chi connectivity index (χ3n) is 3.53. The van der Waals surface area contributed by atoms with Crippen LogP contribution in [0.4, 0.5) is 4.79 Å².